The Morgan fingerprint density at radius 3 is 2.60 bits per heavy atom. The van der Waals surface area contributed by atoms with E-state index in [0.717, 1.165) is 16.6 Å². The van der Waals surface area contributed by atoms with Crippen LogP contribution in [0.4, 0.5) is 0 Å². The zero-order valence-electron chi connectivity index (χ0n) is 11.4. The maximum atomic E-state index is 12.2. The van der Waals surface area contributed by atoms with Crippen molar-refractivity contribution in [2.75, 3.05) is 6.61 Å². The molecule has 0 saturated carbocycles. The molecule has 0 saturated heterocycles. The number of carbonyl (C=O) groups is 1. The van der Waals surface area contributed by atoms with Crippen LogP contribution in [0.25, 0.3) is 0 Å². The summed E-state index contributed by atoms with van der Waals surface area (Å²) >= 11 is 3.40. The molecule has 2 nitrogen and oxygen atoms in total. The molecule has 2 aromatic carbocycles. The molecule has 0 atom stereocenters. The van der Waals surface area contributed by atoms with Crippen LogP contribution in [0, 0.1) is 0 Å². The van der Waals surface area contributed by atoms with E-state index in [0.29, 0.717) is 18.6 Å². The van der Waals surface area contributed by atoms with E-state index in [1.54, 1.807) is 0 Å². The highest BCUT2D eigenvalue weighted by molar-refractivity contribution is 9.10. The minimum absolute atomic E-state index is 0.148. The minimum Gasteiger partial charge on any atom is -0.494 e. The third-order valence-corrected chi connectivity index (χ3v) is 3.55. The lowest BCUT2D eigenvalue weighted by Crippen LogP contribution is -2.02. The van der Waals surface area contributed by atoms with E-state index in [1.807, 2.05) is 55.5 Å². The van der Waals surface area contributed by atoms with Crippen LogP contribution in [0.15, 0.2) is 53.0 Å². The zero-order chi connectivity index (χ0) is 14.4. The molecule has 104 valence electrons. The van der Waals surface area contributed by atoms with Gasteiger partial charge in [-0.15, -0.1) is 0 Å². The average Bonchev–Trinajstić information content (AvgIpc) is 2.47. The van der Waals surface area contributed by atoms with Crippen LogP contribution in [0.1, 0.15) is 29.3 Å². The lowest BCUT2D eigenvalue weighted by molar-refractivity contribution is 0.0982. The van der Waals surface area contributed by atoms with Crippen molar-refractivity contribution in [1.29, 1.82) is 0 Å². The van der Waals surface area contributed by atoms with Crippen molar-refractivity contribution in [1.82, 2.24) is 0 Å². The van der Waals surface area contributed by atoms with Crippen LogP contribution < -0.4 is 4.74 Å². The van der Waals surface area contributed by atoms with Gasteiger partial charge >= 0.3 is 0 Å². The highest BCUT2D eigenvalue weighted by Gasteiger charge is 2.07. The van der Waals surface area contributed by atoms with Gasteiger partial charge in [-0.1, -0.05) is 40.2 Å². The van der Waals surface area contributed by atoms with Gasteiger partial charge in [0.25, 0.3) is 0 Å². The van der Waals surface area contributed by atoms with Crippen LogP contribution in [0.3, 0.4) is 0 Å². The summed E-state index contributed by atoms with van der Waals surface area (Å²) in [6.45, 7) is 2.54. The molecule has 20 heavy (non-hydrogen) atoms. The van der Waals surface area contributed by atoms with Gasteiger partial charge in [0.15, 0.2) is 5.78 Å². The van der Waals surface area contributed by atoms with E-state index >= 15 is 0 Å². The molecule has 0 aliphatic carbocycles. The van der Waals surface area contributed by atoms with Crippen LogP contribution in [0.2, 0.25) is 0 Å². The highest BCUT2D eigenvalue weighted by Crippen LogP contribution is 2.17. The number of hydrogen-bond acceptors (Lipinski definition) is 2. The first-order valence-corrected chi connectivity index (χ1v) is 7.49. The van der Waals surface area contributed by atoms with Gasteiger partial charge in [0.2, 0.25) is 0 Å². The lowest BCUT2D eigenvalue weighted by Gasteiger charge is -2.06. The molecule has 2 aromatic rings. The molecule has 0 unspecified atom stereocenters. The Labute approximate surface area is 127 Å². The Kier molecular flexibility index (Phi) is 5.36. The smallest absolute Gasteiger partial charge is 0.163 e. The molecular weight excluding hydrogens is 316 g/mol. The molecular formula is C17H17BrO2. The van der Waals surface area contributed by atoms with Gasteiger partial charge in [-0.2, -0.15) is 0 Å². The van der Waals surface area contributed by atoms with Crippen molar-refractivity contribution in [3.05, 3.63) is 64.1 Å². The molecule has 2 rings (SSSR count). The summed E-state index contributed by atoms with van der Waals surface area (Å²) in [5.41, 5.74) is 1.88. The van der Waals surface area contributed by atoms with Gasteiger partial charge in [-0.05, 0) is 43.2 Å². The van der Waals surface area contributed by atoms with Crippen LogP contribution >= 0.6 is 15.9 Å². The van der Waals surface area contributed by atoms with E-state index in [4.69, 9.17) is 4.74 Å². The summed E-state index contributed by atoms with van der Waals surface area (Å²) in [7, 11) is 0. The maximum absolute atomic E-state index is 12.2. The van der Waals surface area contributed by atoms with Crippen molar-refractivity contribution in [3.8, 4) is 5.75 Å². The number of hydrogen-bond donors (Lipinski definition) is 0. The first kappa shape index (κ1) is 14.8. The first-order chi connectivity index (χ1) is 9.69. The fraction of sp³-hybridized carbons (Fsp3) is 0.235. The van der Waals surface area contributed by atoms with Gasteiger partial charge in [-0.25, -0.2) is 0 Å². The number of benzene rings is 2. The van der Waals surface area contributed by atoms with E-state index in [2.05, 4.69) is 15.9 Å². The SMILES string of the molecule is CCOc1cccc(C(=O)CCc2ccc(Br)cc2)c1. The Morgan fingerprint density at radius 1 is 1.15 bits per heavy atom. The second-order valence-corrected chi connectivity index (χ2v) is 5.43. The molecule has 0 aliphatic rings. The highest BCUT2D eigenvalue weighted by atomic mass is 79.9. The summed E-state index contributed by atoms with van der Waals surface area (Å²) in [4.78, 5) is 12.2. The first-order valence-electron chi connectivity index (χ1n) is 6.69. The van der Waals surface area contributed by atoms with Gasteiger partial charge in [0.05, 0.1) is 6.61 Å². The van der Waals surface area contributed by atoms with Crippen LogP contribution in [-0.2, 0) is 6.42 Å². The quantitative estimate of drug-likeness (QED) is 0.719. The Hall–Kier alpha value is -1.61. The Balaban J connectivity index is 1.97. The Bertz CT molecular complexity index is 576. The van der Waals surface area contributed by atoms with Crippen molar-refractivity contribution in [3.63, 3.8) is 0 Å². The summed E-state index contributed by atoms with van der Waals surface area (Å²) in [6.07, 6.45) is 1.27. The molecule has 0 radical (unpaired) electrons. The monoisotopic (exact) mass is 332 g/mol. The summed E-state index contributed by atoms with van der Waals surface area (Å²) in [5, 5.41) is 0. The van der Waals surface area contributed by atoms with E-state index in [1.165, 1.54) is 5.56 Å². The van der Waals surface area contributed by atoms with E-state index < -0.39 is 0 Å². The predicted octanol–water partition coefficient (Wildman–Crippen LogP) is 4.66. The molecule has 0 fully saturated rings. The average molecular weight is 333 g/mol. The molecule has 3 heteroatoms. The van der Waals surface area contributed by atoms with Gasteiger partial charge in [0, 0.05) is 16.5 Å². The lowest BCUT2D eigenvalue weighted by atomic mass is 10.0. The standard InChI is InChI=1S/C17H17BrO2/c1-2-20-16-5-3-4-14(12-16)17(19)11-8-13-6-9-15(18)10-7-13/h3-7,9-10,12H,2,8,11H2,1H3. The summed E-state index contributed by atoms with van der Waals surface area (Å²) < 4.78 is 6.47. The molecule has 0 aromatic heterocycles. The van der Waals surface area contributed by atoms with E-state index in [9.17, 15) is 4.79 Å². The fourth-order valence-electron chi connectivity index (χ4n) is 1.98. The summed E-state index contributed by atoms with van der Waals surface area (Å²) in [5.74, 6) is 0.900. The topological polar surface area (TPSA) is 26.3 Å². The number of aryl methyl sites for hydroxylation is 1. The fourth-order valence-corrected chi connectivity index (χ4v) is 2.24. The van der Waals surface area contributed by atoms with Crippen molar-refractivity contribution in [2.24, 2.45) is 0 Å². The third kappa shape index (κ3) is 4.20. The predicted molar refractivity (Wildman–Crippen MR) is 84.4 cm³/mol. The van der Waals surface area contributed by atoms with Gasteiger partial charge in [0.1, 0.15) is 5.75 Å². The van der Waals surface area contributed by atoms with Gasteiger partial charge < -0.3 is 4.74 Å². The number of ketones is 1. The molecule has 0 N–H and O–H groups in total. The number of ether oxygens (including phenoxy) is 1. The normalized spacial score (nSPS) is 10.3. The minimum atomic E-state index is 0.148. The van der Waals surface area contributed by atoms with Crippen molar-refractivity contribution >= 4 is 21.7 Å². The maximum Gasteiger partial charge on any atom is 0.163 e. The van der Waals surface area contributed by atoms with Crippen molar-refractivity contribution < 1.29 is 9.53 Å². The second-order valence-electron chi connectivity index (χ2n) is 4.51. The van der Waals surface area contributed by atoms with Gasteiger partial charge in [-0.3, -0.25) is 4.79 Å². The molecule has 0 amide bonds. The molecule has 0 aliphatic heterocycles. The van der Waals surface area contributed by atoms with Crippen LogP contribution in [0.5, 0.6) is 5.75 Å². The van der Waals surface area contributed by atoms with E-state index in [-0.39, 0.29) is 5.78 Å². The summed E-state index contributed by atoms with van der Waals surface area (Å²) in [6, 6.07) is 15.4. The molecule has 0 bridgehead atoms. The second kappa shape index (κ2) is 7.25. The largest absolute Gasteiger partial charge is 0.494 e. The van der Waals surface area contributed by atoms with Crippen LogP contribution in [-0.4, -0.2) is 12.4 Å². The number of carbonyl (C=O) groups excluding carboxylic acids is 1. The Morgan fingerprint density at radius 2 is 1.90 bits per heavy atom. The zero-order valence-corrected chi connectivity index (χ0v) is 13.0. The number of Topliss-reactive ketones (excluding diaryl/α,β-unsaturated/α-hetero) is 1. The number of halogens is 1. The number of rotatable bonds is 6. The molecule has 0 spiro atoms. The third-order valence-electron chi connectivity index (χ3n) is 3.02. The van der Waals surface area contributed by atoms with Crippen molar-refractivity contribution in [2.45, 2.75) is 19.8 Å². The molecule has 0 heterocycles.